The van der Waals surface area contributed by atoms with Gasteiger partial charge in [-0.2, -0.15) is 0 Å². The van der Waals surface area contributed by atoms with Gasteiger partial charge in [-0.3, -0.25) is 9.78 Å². The molecule has 0 bridgehead atoms. The lowest BCUT2D eigenvalue weighted by molar-refractivity contribution is -0.111. The monoisotopic (exact) mass is 459 g/mol. The number of hydrogen-bond donors (Lipinski definition) is 2. The Morgan fingerprint density at radius 3 is 2.67 bits per heavy atom. The van der Waals surface area contributed by atoms with Gasteiger partial charge in [-0.15, -0.1) is 0 Å². The summed E-state index contributed by atoms with van der Waals surface area (Å²) in [6, 6.07) is 19.2. The number of likely N-dealkylation sites (N-methyl/N-ethyl adjacent to an activating group) is 1. The summed E-state index contributed by atoms with van der Waals surface area (Å²) in [6.45, 7) is 1.14. The number of anilines is 3. The molecule has 0 fully saturated rings. The number of ether oxygens (including phenoxy) is 1. The van der Waals surface area contributed by atoms with Crippen LogP contribution in [0.4, 0.5) is 16.5 Å². The summed E-state index contributed by atoms with van der Waals surface area (Å²) >= 11 is 1.53. The molecule has 1 amide bonds. The van der Waals surface area contributed by atoms with Gasteiger partial charge in [-0.25, -0.2) is 4.98 Å². The Kier molecular flexibility index (Phi) is 7.29. The highest BCUT2D eigenvalue weighted by Gasteiger charge is 2.07. The van der Waals surface area contributed by atoms with Crippen LogP contribution in [0.1, 0.15) is 5.69 Å². The van der Waals surface area contributed by atoms with E-state index in [-0.39, 0.29) is 5.91 Å². The molecule has 0 aliphatic carbocycles. The maximum atomic E-state index is 12.1. The highest BCUT2D eigenvalue weighted by molar-refractivity contribution is 7.22. The van der Waals surface area contributed by atoms with Crippen LogP contribution >= 0.6 is 11.3 Å². The van der Waals surface area contributed by atoms with Crippen LogP contribution < -0.4 is 15.4 Å². The molecule has 4 rings (SSSR count). The highest BCUT2D eigenvalue weighted by atomic mass is 32.1. The molecular formula is C25H25N5O2S. The van der Waals surface area contributed by atoms with Gasteiger partial charge in [-0.1, -0.05) is 23.5 Å². The maximum Gasteiger partial charge on any atom is 0.248 e. The van der Waals surface area contributed by atoms with E-state index in [4.69, 9.17) is 4.74 Å². The smallest absolute Gasteiger partial charge is 0.248 e. The fourth-order valence-corrected chi connectivity index (χ4v) is 3.93. The molecule has 2 N–H and O–H groups in total. The van der Waals surface area contributed by atoms with Crippen LogP contribution in [0.2, 0.25) is 0 Å². The van der Waals surface area contributed by atoms with Gasteiger partial charge in [0, 0.05) is 30.2 Å². The number of fused-ring (bicyclic) bond motifs is 1. The lowest BCUT2D eigenvalue weighted by Crippen LogP contribution is -2.12. The molecular weight excluding hydrogens is 434 g/mol. The minimum absolute atomic E-state index is 0.149. The summed E-state index contributed by atoms with van der Waals surface area (Å²) < 4.78 is 6.77. The van der Waals surface area contributed by atoms with Crippen LogP contribution in [0.5, 0.6) is 5.75 Å². The summed E-state index contributed by atoms with van der Waals surface area (Å²) in [7, 11) is 3.91. The van der Waals surface area contributed by atoms with E-state index in [0.29, 0.717) is 13.2 Å². The van der Waals surface area contributed by atoms with Crippen LogP contribution in [0.15, 0.2) is 79.0 Å². The first kappa shape index (κ1) is 22.4. The fourth-order valence-electron chi connectivity index (χ4n) is 3.01. The Balaban J connectivity index is 1.35. The lowest BCUT2D eigenvalue weighted by atomic mass is 10.3. The minimum atomic E-state index is -0.149. The van der Waals surface area contributed by atoms with Crippen molar-refractivity contribution >= 4 is 44.0 Å². The number of thiazole rings is 1. The Morgan fingerprint density at radius 1 is 1.09 bits per heavy atom. The average molecular weight is 460 g/mol. The van der Waals surface area contributed by atoms with E-state index < -0.39 is 0 Å². The van der Waals surface area contributed by atoms with E-state index in [1.165, 1.54) is 11.3 Å². The summed E-state index contributed by atoms with van der Waals surface area (Å²) in [4.78, 5) is 23.0. The van der Waals surface area contributed by atoms with Crippen LogP contribution in [0.3, 0.4) is 0 Å². The van der Waals surface area contributed by atoms with E-state index in [2.05, 4.69) is 20.6 Å². The zero-order valence-electron chi connectivity index (χ0n) is 18.5. The SMILES string of the molecule is CN(C)C/C=C/C(=O)Nc1ccc2nc(Nc3ccc(OCc4ccccn4)cc3)sc2c1. The maximum absolute atomic E-state index is 12.1. The first-order valence-electron chi connectivity index (χ1n) is 10.5. The van der Waals surface area contributed by atoms with Gasteiger partial charge >= 0.3 is 0 Å². The van der Waals surface area contributed by atoms with E-state index in [1.54, 1.807) is 12.3 Å². The standard InChI is InChI=1S/C25H25N5O2S/c1-30(2)15-5-7-24(31)27-19-10-13-22-23(16-19)33-25(29-22)28-18-8-11-21(12-9-18)32-17-20-6-3-4-14-26-20/h3-14,16H,15,17H2,1-2H3,(H,27,31)(H,28,29)/b7-5+. The predicted molar refractivity (Wildman–Crippen MR) is 134 cm³/mol. The molecule has 4 aromatic rings. The number of pyridine rings is 1. The first-order valence-corrected chi connectivity index (χ1v) is 11.3. The van der Waals surface area contributed by atoms with Crippen molar-refractivity contribution < 1.29 is 9.53 Å². The number of amides is 1. The number of nitrogens with one attached hydrogen (secondary N) is 2. The van der Waals surface area contributed by atoms with Crippen LogP contribution in [-0.2, 0) is 11.4 Å². The van der Waals surface area contributed by atoms with Gasteiger partial charge in [-0.05, 0) is 68.7 Å². The van der Waals surface area contributed by atoms with Crippen molar-refractivity contribution in [1.82, 2.24) is 14.9 Å². The summed E-state index contributed by atoms with van der Waals surface area (Å²) in [5.74, 6) is 0.625. The zero-order chi connectivity index (χ0) is 23.0. The highest BCUT2D eigenvalue weighted by Crippen LogP contribution is 2.30. The van der Waals surface area contributed by atoms with E-state index in [1.807, 2.05) is 85.7 Å². The van der Waals surface area contributed by atoms with E-state index in [9.17, 15) is 4.79 Å². The predicted octanol–water partition coefficient (Wildman–Crippen LogP) is 5.07. The van der Waals surface area contributed by atoms with Crippen molar-refractivity contribution in [1.29, 1.82) is 0 Å². The number of carbonyl (C=O) groups is 1. The average Bonchev–Trinajstić information content (AvgIpc) is 3.20. The summed E-state index contributed by atoms with van der Waals surface area (Å²) in [5, 5.41) is 7.00. The van der Waals surface area contributed by atoms with E-state index in [0.717, 1.165) is 38.2 Å². The number of hydrogen-bond acceptors (Lipinski definition) is 7. The summed E-state index contributed by atoms with van der Waals surface area (Å²) in [5.41, 5.74) is 3.42. The Bertz CT molecular complexity index is 1240. The second-order valence-corrected chi connectivity index (χ2v) is 8.65. The number of benzene rings is 2. The van der Waals surface area contributed by atoms with Crippen molar-refractivity contribution in [2.24, 2.45) is 0 Å². The molecule has 2 aromatic carbocycles. The van der Waals surface area contributed by atoms with E-state index >= 15 is 0 Å². The van der Waals surface area contributed by atoms with Gasteiger partial charge in [0.05, 0.1) is 15.9 Å². The molecule has 2 heterocycles. The molecule has 7 nitrogen and oxygen atoms in total. The molecule has 0 aliphatic rings. The quantitative estimate of drug-likeness (QED) is 0.340. The largest absolute Gasteiger partial charge is 0.487 e. The van der Waals surface area contributed by atoms with Crippen molar-refractivity contribution in [2.45, 2.75) is 6.61 Å². The van der Waals surface area contributed by atoms with Gasteiger partial charge in [0.25, 0.3) is 0 Å². The van der Waals surface area contributed by atoms with Crippen molar-refractivity contribution in [3.05, 3.63) is 84.7 Å². The second kappa shape index (κ2) is 10.7. The van der Waals surface area contributed by atoms with Gasteiger partial charge in [0.15, 0.2) is 5.13 Å². The van der Waals surface area contributed by atoms with Gasteiger partial charge < -0.3 is 20.3 Å². The molecule has 0 unspecified atom stereocenters. The topological polar surface area (TPSA) is 79.4 Å². The molecule has 0 saturated carbocycles. The third-order valence-corrected chi connectivity index (χ3v) is 5.55. The number of aromatic nitrogens is 2. The van der Waals surface area contributed by atoms with Crippen molar-refractivity contribution in [3.63, 3.8) is 0 Å². The Labute approximate surface area is 196 Å². The van der Waals surface area contributed by atoms with Crippen LogP contribution in [0, 0.1) is 0 Å². The molecule has 8 heteroatoms. The fraction of sp³-hybridized carbons (Fsp3) is 0.160. The molecule has 0 aliphatic heterocycles. The first-order chi connectivity index (χ1) is 16.0. The van der Waals surface area contributed by atoms with Gasteiger partial charge in [0.1, 0.15) is 12.4 Å². The second-order valence-electron chi connectivity index (χ2n) is 7.61. The lowest BCUT2D eigenvalue weighted by Gasteiger charge is -2.07. The molecule has 33 heavy (non-hydrogen) atoms. The molecule has 168 valence electrons. The normalized spacial score (nSPS) is 11.2. The zero-order valence-corrected chi connectivity index (χ0v) is 19.3. The molecule has 0 radical (unpaired) electrons. The molecule has 2 aromatic heterocycles. The number of carbonyl (C=O) groups excluding carboxylic acids is 1. The summed E-state index contributed by atoms with van der Waals surface area (Å²) in [6.07, 6.45) is 5.13. The third kappa shape index (κ3) is 6.61. The minimum Gasteiger partial charge on any atom is -0.487 e. The number of nitrogens with zero attached hydrogens (tertiary/aromatic N) is 3. The van der Waals surface area contributed by atoms with Crippen molar-refractivity contribution in [2.75, 3.05) is 31.3 Å². The van der Waals surface area contributed by atoms with Crippen LogP contribution in [-0.4, -0.2) is 41.4 Å². The Morgan fingerprint density at radius 2 is 1.91 bits per heavy atom. The van der Waals surface area contributed by atoms with Crippen molar-refractivity contribution in [3.8, 4) is 5.75 Å². The molecule has 0 spiro atoms. The third-order valence-electron chi connectivity index (χ3n) is 4.61. The molecule has 0 saturated heterocycles. The Hall–Kier alpha value is -3.75. The van der Waals surface area contributed by atoms with Gasteiger partial charge in [0.2, 0.25) is 5.91 Å². The van der Waals surface area contributed by atoms with Crippen LogP contribution in [0.25, 0.3) is 10.2 Å². The molecule has 0 atom stereocenters. The number of rotatable bonds is 9.